The molecule has 1 atom stereocenters. The molecule has 0 aliphatic carbocycles. The summed E-state index contributed by atoms with van der Waals surface area (Å²) in [7, 11) is 0. The summed E-state index contributed by atoms with van der Waals surface area (Å²) in [6.07, 6.45) is 3.89. The highest BCUT2D eigenvalue weighted by Crippen LogP contribution is 2.22. The maximum absolute atomic E-state index is 9.51. The molecule has 1 aromatic rings. The second kappa shape index (κ2) is 9.29. The zero-order valence-corrected chi connectivity index (χ0v) is 14.1. The third-order valence-electron chi connectivity index (χ3n) is 2.72. The fourth-order valence-electron chi connectivity index (χ4n) is 1.52. The highest BCUT2D eigenvalue weighted by Gasteiger charge is 2.03. The van der Waals surface area contributed by atoms with Crippen molar-refractivity contribution in [1.29, 1.82) is 0 Å². The van der Waals surface area contributed by atoms with Gasteiger partial charge in [0.2, 0.25) is 0 Å². The topological polar surface area (TPSA) is 44.6 Å². The summed E-state index contributed by atoms with van der Waals surface area (Å²) < 4.78 is 1.03. The van der Waals surface area contributed by atoms with Gasteiger partial charge in [-0.3, -0.25) is 4.99 Å². The van der Waals surface area contributed by atoms with Crippen LogP contribution >= 0.6 is 27.5 Å². The lowest BCUT2D eigenvalue weighted by Gasteiger charge is -2.11. The number of benzene rings is 1. The quantitative estimate of drug-likeness (QED) is 0.718. The number of rotatable bonds is 7. The summed E-state index contributed by atoms with van der Waals surface area (Å²) in [6.45, 7) is 5.05. The Bertz CT molecular complexity index is 485. The van der Waals surface area contributed by atoms with Gasteiger partial charge in [-0.15, -0.1) is 0 Å². The Balaban J connectivity index is 2.66. The Hall–Kier alpha value is -0.680. The van der Waals surface area contributed by atoms with Crippen molar-refractivity contribution in [3.8, 4) is 0 Å². The molecule has 0 amide bonds. The monoisotopic (exact) mass is 358 g/mol. The predicted molar refractivity (Wildman–Crippen MR) is 89.9 cm³/mol. The van der Waals surface area contributed by atoms with Crippen LogP contribution in [0.1, 0.15) is 25.8 Å². The van der Waals surface area contributed by atoms with E-state index in [-0.39, 0.29) is 6.10 Å². The molecule has 0 fully saturated rings. The van der Waals surface area contributed by atoms with Crippen molar-refractivity contribution < 1.29 is 5.11 Å². The lowest BCUT2D eigenvalue weighted by atomic mass is 10.2. The van der Waals surface area contributed by atoms with Crippen LogP contribution in [0.3, 0.4) is 0 Å². The minimum absolute atomic E-state index is 0.299. The number of aliphatic hydroxyl groups is 1. The third kappa shape index (κ3) is 6.66. The minimum Gasteiger partial charge on any atom is -0.392 e. The third-order valence-corrected chi connectivity index (χ3v) is 3.62. The molecule has 0 aliphatic rings. The molecular weight excluding hydrogens is 340 g/mol. The molecule has 0 saturated carbocycles. The van der Waals surface area contributed by atoms with E-state index < -0.39 is 0 Å². The zero-order valence-electron chi connectivity index (χ0n) is 11.7. The molecule has 110 valence electrons. The average molecular weight is 360 g/mol. The standard InChI is InChI=1S/C15H20BrClN2O/c1-3-14(20)10-18-9-12-8-13(4-5-15(12)16)19-7-6-11(2)17/h4-8,14,18,20H,3,9-10H2,1-2H3/b11-6+,19-7-/t14-/m1/s1. The van der Waals surface area contributed by atoms with Gasteiger partial charge in [-0.25, -0.2) is 0 Å². The first-order valence-corrected chi connectivity index (χ1v) is 7.73. The van der Waals surface area contributed by atoms with Crippen LogP contribution in [-0.4, -0.2) is 24.0 Å². The van der Waals surface area contributed by atoms with E-state index in [1.165, 1.54) is 0 Å². The summed E-state index contributed by atoms with van der Waals surface area (Å²) >= 11 is 9.26. The Morgan fingerprint density at radius 3 is 2.95 bits per heavy atom. The maximum atomic E-state index is 9.51. The van der Waals surface area contributed by atoms with Crippen molar-refractivity contribution in [2.75, 3.05) is 6.54 Å². The van der Waals surface area contributed by atoms with E-state index in [1.807, 2.05) is 32.0 Å². The lowest BCUT2D eigenvalue weighted by Crippen LogP contribution is -2.25. The molecule has 0 heterocycles. The number of halogens is 2. The molecule has 3 nitrogen and oxygen atoms in total. The van der Waals surface area contributed by atoms with Crippen LogP contribution in [0.15, 0.2) is 38.8 Å². The summed E-state index contributed by atoms with van der Waals surface area (Å²) in [5.74, 6) is 0. The number of allylic oxidation sites excluding steroid dienone is 2. The highest BCUT2D eigenvalue weighted by molar-refractivity contribution is 9.10. The van der Waals surface area contributed by atoms with Crippen LogP contribution in [0, 0.1) is 0 Å². The maximum Gasteiger partial charge on any atom is 0.0662 e. The van der Waals surface area contributed by atoms with E-state index in [0.29, 0.717) is 18.1 Å². The van der Waals surface area contributed by atoms with Gasteiger partial charge in [-0.2, -0.15) is 0 Å². The van der Waals surface area contributed by atoms with Crippen molar-refractivity contribution in [2.24, 2.45) is 4.99 Å². The fourth-order valence-corrected chi connectivity index (χ4v) is 1.96. The van der Waals surface area contributed by atoms with Gasteiger partial charge in [0.15, 0.2) is 0 Å². The number of nitrogens with zero attached hydrogens (tertiary/aromatic N) is 1. The summed E-state index contributed by atoms with van der Waals surface area (Å²) in [4.78, 5) is 4.32. The second-order valence-electron chi connectivity index (χ2n) is 4.50. The Morgan fingerprint density at radius 2 is 2.30 bits per heavy atom. The molecule has 0 bridgehead atoms. The van der Waals surface area contributed by atoms with Crippen molar-refractivity contribution in [3.05, 3.63) is 39.3 Å². The van der Waals surface area contributed by atoms with Gasteiger partial charge >= 0.3 is 0 Å². The summed E-state index contributed by atoms with van der Waals surface area (Å²) in [5.41, 5.74) is 1.98. The van der Waals surface area contributed by atoms with Crippen molar-refractivity contribution in [3.63, 3.8) is 0 Å². The van der Waals surface area contributed by atoms with E-state index in [4.69, 9.17) is 11.6 Å². The number of aliphatic hydroxyl groups excluding tert-OH is 1. The van der Waals surface area contributed by atoms with Gasteiger partial charge in [0.1, 0.15) is 0 Å². The van der Waals surface area contributed by atoms with Gasteiger partial charge in [0, 0.05) is 28.8 Å². The largest absolute Gasteiger partial charge is 0.392 e. The highest BCUT2D eigenvalue weighted by atomic mass is 79.9. The SMILES string of the molecule is CC[C@@H](O)CNCc1cc(/N=C\C=C(/C)Cl)ccc1Br. The molecule has 1 aromatic carbocycles. The number of aliphatic imine (C=N–C) groups is 1. The lowest BCUT2D eigenvalue weighted by molar-refractivity contribution is 0.167. The first kappa shape index (κ1) is 17.4. The van der Waals surface area contributed by atoms with E-state index in [9.17, 15) is 5.11 Å². The van der Waals surface area contributed by atoms with Crippen molar-refractivity contribution in [2.45, 2.75) is 32.9 Å². The van der Waals surface area contributed by atoms with Crippen LogP contribution in [0.4, 0.5) is 5.69 Å². The minimum atomic E-state index is -0.299. The van der Waals surface area contributed by atoms with Gasteiger partial charge in [-0.1, -0.05) is 34.5 Å². The molecule has 0 unspecified atom stereocenters. The van der Waals surface area contributed by atoms with E-state index in [0.717, 1.165) is 22.1 Å². The van der Waals surface area contributed by atoms with Crippen LogP contribution in [0.25, 0.3) is 0 Å². The molecule has 0 spiro atoms. The fraction of sp³-hybridized carbons (Fsp3) is 0.400. The number of hydrogen-bond acceptors (Lipinski definition) is 3. The van der Waals surface area contributed by atoms with Crippen LogP contribution in [-0.2, 0) is 6.54 Å². The number of hydrogen-bond donors (Lipinski definition) is 2. The molecule has 2 N–H and O–H groups in total. The predicted octanol–water partition coefficient (Wildman–Crippen LogP) is 4.15. The first-order chi connectivity index (χ1) is 9.52. The second-order valence-corrected chi connectivity index (χ2v) is 5.95. The van der Waals surface area contributed by atoms with Crippen LogP contribution in [0.2, 0.25) is 0 Å². The molecule has 1 rings (SSSR count). The summed E-state index contributed by atoms with van der Waals surface area (Å²) in [5, 5.41) is 13.4. The van der Waals surface area contributed by atoms with Gasteiger partial charge in [0.05, 0.1) is 11.8 Å². The van der Waals surface area contributed by atoms with E-state index in [1.54, 1.807) is 12.3 Å². The molecule has 20 heavy (non-hydrogen) atoms. The first-order valence-electron chi connectivity index (χ1n) is 6.56. The molecule has 0 aromatic heterocycles. The molecule has 0 radical (unpaired) electrons. The van der Waals surface area contributed by atoms with E-state index >= 15 is 0 Å². The molecule has 0 saturated heterocycles. The van der Waals surface area contributed by atoms with Crippen molar-refractivity contribution >= 4 is 39.4 Å². The van der Waals surface area contributed by atoms with Crippen LogP contribution < -0.4 is 5.32 Å². The van der Waals surface area contributed by atoms with Gasteiger partial charge in [0.25, 0.3) is 0 Å². The molecular formula is C15H20BrClN2O. The van der Waals surface area contributed by atoms with Crippen LogP contribution in [0.5, 0.6) is 0 Å². The summed E-state index contributed by atoms with van der Waals surface area (Å²) in [6, 6.07) is 5.91. The smallest absolute Gasteiger partial charge is 0.0662 e. The molecule has 5 heteroatoms. The zero-order chi connectivity index (χ0) is 15.0. The van der Waals surface area contributed by atoms with E-state index in [2.05, 4.69) is 26.2 Å². The Morgan fingerprint density at radius 1 is 1.55 bits per heavy atom. The average Bonchev–Trinajstić information content (AvgIpc) is 2.41. The number of nitrogens with one attached hydrogen (secondary N) is 1. The van der Waals surface area contributed by atoms with Crippen molar-refractivity contribution in [1.82, 2.24) is 5.32 Å². The normalized spacial score (nSPS) is 13.9. The molecule has 0 aliphatic heterocycles. The Labute approximate surface area is 133 Å². The van der Waals surface area contributed by atoms with Gasteiger partial charge in [-0.05, 0) is 43.2 Å². The van der Waals surface area contributed by atoms with Gasteiger partial charge < -0.3 is 10.4 Å². The Kier molecular flexibility index (Phi) is 8.07.